The summed E-state index contributed by atoms with van der Waals surface area (Å²) >= 11 is 0. The molecular weight excluding hydrogens is 385 g/mol. The molecule has 27 heavy (non-hydrogen) atoms. The van der Waals surface area contributed by atoms with E-state index in [1.807, 2.05) is 0 Å². The van der Waals surface area contributed by atoms with E-state index in [2.05, 4.69) is 25.4 Å². The quantitative estimate of drug-likeness (QED) is 0.722. The van der Waals surface area contributed by atoms with Gasteiger partial charge in [0.05, 0.1) is 6.04 Å². The molecule has 2 N–H and O–H groups in total. The fourth-order valence-electron chi connectivity index (χ4n) is 4.83. The summed E-state index contributed by atoms with van der Waals surface area (Å²) in [5.74, 6) is 3.15. The van der Waals surface area contributed by atoms with Crippen molar-refractivity contribution in [2.24, 2.45) is 5.92 Å². The third-order valence-corrected chi connectivity index (χ3v) is 6.24. The Hall–Kier alpha value is -0.850. The van der Waals surface area contributed by atoms with Crippen LogP contribution in [0.1, 0.15) is 69.4 Å². The molecule has 1 aromatic heterocycles. The Morgan fingerprint density at radius 1 is 1.11 bits per heavy atom. The van der Waals surface area contributed by atoms with Crippen LogP contribution in [0.5, 0.6) is 0 Å². The second-order valence-electron chi connectivity index (χ2n) is 8.00. The first-order valence-electron chi connectivity index (χ1n) is 10.3. The maximum Gasteiger partial charge on any atom is 0.237 e. The molecule has 1 amide bonds. The highest BCUT2D eigenvalue weighted by Gasteiger charge is 2.37. The summed E-state index contributed by atoms with van der Waals surface area (Å²) in [7, 11) is 0. The molecule has 0 spiro atoms. The molecule has 6 nitrogen and oxygen atoms in total. The fraction of sp³-hybridized carbons (Fsp3) is 0.842. The van der Waals surface area contributed by atoms with E-state index in [-0.39, 0.29) is 36.8 Å². The van der Waals surface area contributed by atoms with Crippen LogP contribution in [-0.2, 0) is 24.2 Å². The number of aryl methyl sites for hydroxylation is 2. The van der Waals surface area contributed by atoms with Crippen molar-refractivity contribution >= 4 is 30.7 Å². The highest BCUT2D eigenvalue weighted by atomic mass is 35.5. The minimum atomic E-state index is 0. The number of hydrogen-bond acceptors (Lipinski definition) is 4. The van der Waals surface area contributed by atoms with E-state index in [1.54, 1.807) is 0 Å². The Kier molecular flexibility index (Phi) is 8.83. The molecule has 1 saturated heterocycles. The summed E-state index contributed by atoms with van der Waals surface area (Å²) < 4.78 is 2.30. The first kappa shape index (κ1) is 22.4. The number of aromatic nitrogens is 3. The highest BCUT2D eigenvalue weighted by Crippen LogP contribution is 2.33. The SMILES string of the molecule is Cl.Cl.O=C(NCCCc1nnc2n1CCCCC2)C1CC2CCCCC2N1. The van der Waals surface area contributed by atoms with Gasteiger partial charge in [-0.1, -0.05) is 19.3 Å². The number of carbonyl (C=O) groups excluding carboxylic acids is 1. The minimum Gasteiger partial charge on any atom is -0.355 e. The second kappa shape index (κ2) is 10.6. The van der Waals surface area contributed by atoms with Gasteiger partial charge in [0.25, 0.3) is 0 Å². The van der Waals surface area contributed by atoms with Crippen molar-refractivity contribution in [2.75, 3.05) is 6.54 Å². The molecule has 154 valence electrons. The molecular formula is C19H33Cl2N5O. The Labute approximate surface area is 174 Å². The van der Waals surface area contributed by atoms with Crippen molar-refractivity contribution in [2.45, 2.75) is 89.3 Å². The van der Waals surface area contributed by atoms with Crippen LogP contribution in [-0.4, -0.2) is 39.3 Å². The number of hydrogen-bond donors (Lipinski definition) is 2. The van der Waals surface area contributed by atoms with Gasteiger partial charge >= 0.3 is 0 Å². The van der Waals surface area contributed by atoms with Crippen molar-refractivity contribution in [3.63, 3.8) is 0 Å². The Morgan fingerprint density at radius 3 is 2.81 bits per heavy atom. The highest BCUT2D eigenvalue weighted by molar-refractivity contribution is 5.85. The molecule has 3 aliphatic rings. The maximum absolute atomic E-state index is 12.4. The molecule has 1 saturated carbocycles. The normalized spacial score (nSPS) is 26.7. The molecule has 0 radical (unpaired) electrons. The number of nitrogens with one attached hydrogen (secondary N) is 2. The van der Waals surface area contributed by atoms with Crippen LogP contribution in [0.3, 0.4) is 0 Å². The Morgan fingerprint density at radius 2 is 1.96 bits per heavy atom. The Balaban J connectivity index is 0.00000131. The van der Waals surface area contributed by atoms with Crippen molar-refractivity contribution < 1.29 is 4.79 Å². The lowest BCUT2D eigenvalue weighted by Gasteiger charge is -2.24. The average molecular weight is 418 g/mol. The van der Waals surface area contributed by atoms with Crippen LogP contribution in [0.15, 0.2) is 0 Å². The van der Waals surface area contributed by atoms with Crippen molar-refractivity contribution in [3.05, 3.63) is 11.6 Å². The Bertz CT molecular complexity index is 595. The van der Waals surface area contributed by atoms with Gasteiger partial charge in [0.1, 0.15) is 11.6 Å². The zero-order valence-electron chi connectivity index (χ0n) is 16.0. The van der Waals surface area contributed by atoms with Crippen LogP contribution in [0.25, 0.3) is 0 Å². The van der Waals surface area contributed by atoms with E-state index in [4.69, 9.17) is 0 Å². The summed E-state index contributed by atoms with van der Waals surface area (Å²) in [4.78, 5) is 12.4. The van der Waals surface area contributed by atoms with Crippen molar-refractivity contribution in [1.82, 2.24) is 25.4 Å². The van der Waals surface area contributed by atoms with Crippen LogP contribution < -0.4 is 10.6 Å². The third-order valence-electron chi connectivity index (χ3n) is 6.24. The van der Waals surface area contributed by atoms with E-state index < -0.39 is 0 Å². The van der Waals surface area contributed by atoms with Gasteiger partial charge in [-0.15, -0.1) is 35.0 Å². The van der Waals surface area contributed by atoms with Crippen LogP contribution >= 0.6 is 24.8 Å². The monoisotopic (exact) mass is 417 g/mol. The lowest BCUT2D eigenvalue weighted by molar-refractivity contribution is -0.122. The van der Waals surface area contributed by atoms with E-state index in [0.717, 1.165) is 56.3 Å². The van der Waals surface area contributed by atoms with Crippen LogP contribution in [0.4, 0.5) is 0 Å². The molecule has 3 atom stereocenters. The van der Waals surface area contributed by atoms with Gasteiger partial charge in [-0.2, -0.15) is 0 Å². The number of nitrogens with zero attached hydrogens (tertiary/aromatic N) is 3. The largest absolute Gasteiger partial charge is 0.355 e. The van der Waals surface area contributed by atoms with Gasteiger partial charge in [0, 0.05) is 32.0 Å². The molecule has 2 aliphatic heterocycles. The zero-order chi connectivity index (χ0) is 17.1. The second-order valence-corrected chi connectivity index (χ2v) is 8.00. The minimum absolute atomic E-state index is 0. The summed E-state index contributed by atoms with van der Waals surface area (Å²) in [5.41, 5.74) is 0. The molecule has 1 aliphatic carbocycles. The van der Waals surface area contributed by atoms with Gasteiger partial charge < -0.3 is 15.2 Å². The molecule has 3 unspecified atom stereocenters. The lowest BCUT2D eigenvalue weighted by Crippen LogP contribution is -2.43. The van der Waals surface area contributed by atoms with Crippen LogP contribution in [0, 0.1) is 5.92 Å². The number of halogens is 2. The van der Waals surface area contributed by atoms with Crippen molar-refractivity contribution in [1.29, 1.82) is 0 Å². The first-order chi connectivity index (χ1) is 12.3. The summed E-state index contributed by atoms with van der Waals surface area (Å²) in [6.07, 6.45) is 12.8. The number of carbonyl (C=O) groups is 1. The average Bonchev–Trinajstić information content (AvgIpc) is 3.15. The standard InChI is InChI=1S/C19H31N5O.2ClH/c25-19(16-13-14-7-3-4-8-15(14)21-16)20-11-6-10-18-23-22-17-9-2-1-5-12-24(17)18;;/h14-16,21H,1-13H2,(H,20,25);2*1H. The summed E-state index contributed by atoms with van der Waals surface area (Å²) in [6, 6.07) is 0.605. The molecule has 8 heteroatoms. The molecule has 4 rings (SSSR count). The van der Waals surface area contributed by atoms with Crippen LogP contribution in [0.2, 0.25) is 0 Å². The molecule has 1 aromatic rings. The summed E-state index contributed by atoms with van der Waals surface area (Å²) in [5, 5.41) is 15.4. The van der Waals surface area contributed by atoms with Gasteiger partial charge in [-0.25, -0.2) is 0 Å². The predicted octanol–water partition coefficient (Wildman–Crippen LogP) is 2.82. The van der Waals surface area contributed by atoms with Gasteiger partial charge in [0.15, 0.2) is 0 Å². The van der Waals surface area contributed by atoms with Crippen molar-refractivity contribution in [3.8, 4) is 0 Å². The molecule has 3 heterocycles. The maximum atomic E-state index is 12.4. The molecule has 0 bridgehead atoms. The lowest BCUT2D eigenvalue weighted by atomic mass is 9.85. The van der Waals surface area contributed by atoms with Gasteiger partial charge in [-0.3, -0.25) is 4.79 Å². The van der Waals surface area contributed by atoms with Gasteiger partial charge in [0.2, 0.25) is 5.91 Å². The number of amides is 1. The molecule has 0 aromatic carbocycles. The first-order valence-corrected chi connectivity index (χ1v) is 10.3. The smallest absolute Gasteiger partial charge is 0.237 e. The van der Waals surface area contributed by atoms with Gasteiger partial charge in [-0.05, 0) is 44.4 Å². The number of rotatable bonds is 5. The topological polar surface area (TPSA) is 71.8 Å². The van der Waals surface area contributed by atoms with E-state index >= 15 is 0 Å². The summed E-state index contributed by atoms with van der Waals surface area (Å²) in [6.45, 7) is 1.79. The third kappa shape index (κ3) is 5.36. The predicted molar refractivity (Wildman–Crippen MR) is 111 cm³/mol. The molecule has 2 fully saturated rings. The van der Waals surface area contributed by atoms with E-state index in [9.17, 15) is 4.79 Å². The van der Waals surface area contributed by atoms with E-state index in [0.29, 0.717) is 6.04 Å². The zero-order valence-corrected chi connectivity index (χ0v) is 17.6. The fourth-order valence-corrected chi connectivity index (χ4v) is 4.83. The number of fused-ring (bicyclic) bond motifs is 2. The van der Waals surface area contributed by atoms with E-state index in [1.165, 1.54) is 44.9 Å².